The topological polar surface area (TPSA) is 86.2 Å². The summed E-state index contributed by atoms with van der Waals surface area (Å²) in [4.78, 5) is 0. The van der Waals surface area contributed by atoms with E-state index in [1.807, 2.05) is 31.2 Å². The minimum absolute atomic E-state index is 0.185. The van der Waals surface area contributed by atoms with E-state index in [4.69, 9.17) is 10.5 Å². The molecular formula is C16H16N4O2. The Morgan fingerprint density at radius 3 is 2.59 bits per heavy atom. The van der Waals surface area contributed by atoms with Crippen LogP contribution in [0.5, 0.6) is 11.5 Å². The number of nitrogens with zero attached hydrogens (tertiary/aromatic N) is 3. The molecule has 0 atom stereocenters. The number of aromatic nitrogens is 3. The van der Waals surface area contributed by atoms with Crippen molar-refractivity contribution in [3.8, 4) is 28.4 Å². The smallest absolute Gasteiger partial charge is 0.156 e. The molecule has 22 heavy (non-hydrogen) atoms. The first-order valence-corrected chi connectivity index (χ1v) is 6.93. The zero-order chi connectivity index (χ0) is 15.5. The lowest BCUT2D eigenvalue weighted by Crippen LogP contribution is -2.02. The quantitative estimate of drug-likeness (QED) is 0.773. The fourth-order valence-corrected chi connectivity index (χ4v) is 2.21. The fraction of sp³-hybridized carbons (Fsp3) is 0.125. The van der Waals surface area contributed by atoms with Gasteiger partial charge in [0.1, 0.15) is 17.2 Å². The SMILES string of the molecule is CCOc1ccccc1-c1nnn(-c2ccc(O)cc2)c1N. The number of aromatic hydroxyl groups is 1. The molecule has 0 aliphatic carbocycles. The first-order valence-electron chi connectivity index (χ1n) is 6.93. The van der Waals surface area contributed by atoms with Gasteiger partial charge in [-0.1, -0.05) is 17.3 Å². The fourth-order valence-electron chi connectivity index (χ4n) is 2.21. The number of anilines is 1. The van der Waals surface area contributed by atoms with E-state index in [9.17, 15) is 5.11 Å². The van der Waals surface area contributed by atoms with E-state index >= 15 is 0 Å². The van der Waals surface area contributed by atoms with Gasteiger partial charge in [0, 0.05) is 5.56 Å². The molecule has 0 saturated carbocycles. The third kappa shape index (κ3) is 2.46. The number of ether oxygens (including phenoxy) is 1. The Kier molecular flexibility index (Phi) is 3.65. The highest BCUT2D eigenvalue weighted by molar-refractivity contribution is 5.75. The molecule has 0 radical (unpaired) electrons. The van der Waals surface area contributed by atoms with Crippen LogP contribution in [-0.2, 0) is 0 Å². The molecule has 2 aromatic carbocycles. The maximum absolute atomic E-state index is 9.36. The van der Waals surface area contributed by atoms with Gasteiger partial charge >= 0.3 is 0 Å². The third-order valence-electron chi connectivity index (χ3n) is 3.24. The van der Waals surface area contributed by atoms with Crippen LogP contribution < -0.4 is 10.5 Å². The zero-order valence-corrected chi connectivity index (χ0v) is 12.1. The van der Waals surface area contributed by atoms with Crippen molar-refractivity contribution in [2.45, 2.75) is 6.92 Å². The van der Waals surface area contributed by atoms with E-state index in [2.05, 4.69) is 10.3 Å². The van der Waals surface area contributed by atoms with Crippen LogP contribution in [0, 0.1) is 0 Å². The van der Waals surface area contributed by atoms with E-state index in [1.54, 1.807) is 24.3 Å². The molecule has 0 saturated heterocycles. The van der Waals surface area contributed by atoms with E-state index in [0.717, 1.165) is 17.0 Å². The van der Waals surface area contributed by atoms with Crippen molar-refractivity contribution in [2.75, 3.05) is 12.3 Å². The molecule has 0 spiro atoms. The van der Waals surface area contributed by atoms with Gasteiger partial charge in [-0.15, -0.1) is 5.10 Å². The first kappa shape index (κ1) is 13.9. The molecular weight excluding hydrogens is 280 g/mol. The summed E-state index contributed by atoms with van der Waals surface area (Å²) in [6.07, 6.45) is 0. The number of nitrogen functional groups attached to an aromatic ring is 1. The Bertz CT molecular complexity index is 781. The van der Waals surface area contributed by atoms with E-state index in [-0.39, 0.29) is 5.75 Å². The lowest BCUT2D eigenvalue weighted by atomic mass is 10.1. The van der Waals surface area contributed by atoms with Gasteiger partial charge in [0.25, 0.3) is 0 Å². The van der Waals surface area contributed by atoms with Crippen molar-refractivity contribution in [3.05, 3.63) is 48.5 Å². The Hall–Kier alpha value is -3.02. The van der Waals surface area contributed by atoms with Crippen LogP contribution in [0.2, 0.25) is 0 Å². The number of hydrogen-bond donors (Lipinski definition) is 2. The highest BCUT2D eigenvalue weighted by atomic mass is 16.5. The minimum atomic E-state index is 0.185. The summed E-state index contributed by atoms with van der Waals surface area (Å²) >= 11 is 0. The average molecular weight is 296 g/mol. The van der Waals surface area contributed by atoms with Crippen molar-refractivity contribution in [3.63, 3.8) is 0 Å². The summed E-state index contributed by atoms with van der Waals surface area (Å²) in [5.41, 5.74) is 8.28. The Morgan fingerprint density at radius 1 is 1.14 bits per heavy atom. The second-order valence-corrected chi connectivity index (χ2v) is 4.68. The van der Waals surface area contributed by atoms with Crippen LogP contribution in [-0.4, -0.2) is 26.7 Å². The number of para-hydroxylation sites is 1. The van der Waals surface area contributed by atoms with Gasteiger partial charge in [-0.05, 0) is 43.3 Å². The minimum Gasteiger partial charge on any atom is -0.508 e. The van der Waals surface area contributed by atoms with Gasteiger partial charge in [-0.2, -0.15) is 4.68 Å². The summed E-state index contributed by atoms with van der Waals surface area (Å²) < 4.78 is 7.14. The number of nitrogens with two attached hydrogens (primary N) is 1. The third-order valence-corrected chi connectivity index (χ3v) is 3.24. The average Bonchev–Trinajstić information content (AvgIpc) is 2.91. The normalized spacial score (nSPS) is 10.6. The number of phenolic OH excluding ortho intramolecular Hbond substituents is 1. The van der Waals surface area contributed by atoms with Crippen molar-refractivity contribution in [2.24, 2.45) is 0 Å². The summed E-state index contributed by atoms with van der Waals surface area (Å²) in [5, 5.41) is 17.6. The molecule has 0 bridgehead atoms. The summed E-state index contributed by atoms with van der Waals surface area (Å²) in [7, 11) is 0. The van der Waals surface area contributed by atoms with Crippen molar-refractivity contribution in [1.29, 1.82) is 0 Å². The van der Waals surface area contributed by atoms with Gasteiger partial charge < -0.3 is 15.6 Å². The maximum atomic E-state index is 9.36. The Morgan fingerprint density at radius 2 is 1.86 bits per heavy atom. The number of phenols is 1. The van der Waals surface area contributed by atoms with E-state index in [0.29, 0.717) is 18.1 Å². The predicted octanol–water partition coefficient (Wildman–Crippen LogP) is 2.62. The number of rotatable bonds is 4. The van der Waals surface area contributed by atoms with Gasteiger partial charge in [-0.25, -0.2) is 0 Å². The summed E-state index contributed by atoms with van der Waals surface area (Å²) in [6, 6.07) is 14.2. The summed E-state index contributed by atoms with van der Waals surface area (Å²) in [5.74, 6) is 1.32. The molecule has 0 aliphatic heterocycles. The second-order valence-electron chi connectivity index (χ2n) is 4.68. The molecule has 112 valence electrons. The monoisotopic (exact) mass is 296 g/mol. The predicted molar refractivity (Wildman–Crippen MR) is 84.0 cm³/mol. The lowest BCUT2D eigenvalue weighted by Gasteiger charge is -2.08. The molecule has 0 aliphatic rings. The second kappa shape index (κ2) is 5.77. The lowest BCUT2D eigenvalue weighted by molar-refractivity contribution is 0.341. The molecule has 0 fully saturated rings. The molecule has 6 nitrogen and oxygen atoms in total. The molecule has 3 rings (SSSR count). The zero-order valence-electron chi connectivity index (χ0n) is 12.1. The van der Waals surface area contributed by atoms with Crippen molar-refractivity contribution < 1.29 is 9.84 Å². The van der Waals surface area contributed by atoms with E-state index in [1.165, 1.54) is 4.68 Å². The van der Waals surface area contributed by atoms with Crippen LogP contribution in [0.4, 0.5) is 5.82 Å². The molecule has 1 heterocycles. The molecule has 1 aromatic heterocycles. The van der Waals surface area contributed by atoms with Gasteiger partial charge in [0.15, 0.2) is 5.82 Å². The molecule has 0 amide bonds. The van der Waals surface area contributed by atoms with Gasteiger partial charge in [0.05, 0.1) is 12.3 Å². The molecule has 3 aromatic rings. The highest BCUT2D eigenvalue weighted by Crippen LogP contribution is 2.32. The van der Waals surface area contributed by atoms with Crippen molar-refractivity contribution >= 4 is 5.82 Å². The van der Waals surface area contributed by atoms with Crippen LogP contribution in [0.3, 0.4) is 0 Å². The standard InChI is InChI=1S/C16H16N4O2/c1-2-22-14-6-4-3-5-13(14)15-16(17)20(19-18-15)11-7-9-12(21)10-8-11/h3-10,21H,2,17H2,1H3. The van der Waals surface area contributed by atoms with Crippen LogP contribution in [0.25, 0.3) is 16.9 Å². The van der Waals surface area contributed by atoms with Crippen LogP contribution >= 0.6 is 0 Å². The largest absolute Gasteiger partial charge is 0.508 e. The first-order chi connectivity index (χ1) is 10.7. The van der Waals surface area contributed by atoms with Crippen LogP contribution in [0.15, 0.2) is 48.5 Å². The van der Waals surface area contributed by atoms with E-state index < -0.39 is 0 Å². The number of hydrogen-bond acceptors (Lipinski definition) is 5. The number of benzene rings is 2. The Labute approximate surface area is 127 Å². The van der Waals surface area contributed by atoms with Gasteiger partial charge in [-0.3, -0.25) is 0 Å². The molecule has 3 N–H and O–H groups in total. The van der Waals surface area contributed by atoms with Gasteiger partial charge in [0.2, 0.25) is 0 Å². The van der Waals surface area contributed by atoms with Crippen LogP contribution in [0.1, 0.15) is 6.92 Å². The highest BCUT2D eigenvalue weighted by Gasteiger charge is 2.16. The Balaban J connectivity index is 2.06. The summed E-state index contributed by atoms with van der Waals surface area (Å²) in [6.45, 7) is 2.48. The van der Waals surface area contributed by atoms with Crippen molar-refractivity contribution in [1.82, 2.24) is 15.0 Å². The maximum Gasteiger partial charge on any atom is 0.156 e. The molecule has 0 unspecified atom stereocenters. The molecule has 6 heteroatoms.